The Bertz CT molecular complexity index is 389. The summed E-state index contributed by atoms with van der Waals surface area (Å²) in [6.45, 7) is 0.577. The van der Waals surface area contributed by atoms with E-state index in [0.29, 0.717) is 12.5 Å². The van der Waals surface area contributed by atoms with Crippen LogP contribution in [0, 0.1) is 11.8 Å². The van der Waals surface area contributed by atoms with Crippen LogP contribution in [0.1, 0.15) is 19.3 Å². The lowest BCUT2D eigenvalue weighted by Crippen LogP contribution is -2.29. The summed E-state index contributed by atoms with van der Waals surface area (Å²) >= 11 is 0. The molecule has 4 N–H and O–H groups in total. The fourth-order valence-corrected chi connectivity index (χ4v) is 2.44. The van der Waals surface area contributed by atoms with Crippen molar-refractivity contribution in [2.45, 2.75) is 19.3 Å². The van der Waals surface area contributed by atoms with E-state index in [0.717, 1.165) is 24.9 Å². The summed E-state index contributed by atoms with van der Waals surface area (Å²) in [5.74, 6) is 0.591. The summed E-state index contributed by atoms with van der Waals surface area (Å²) in [6.07, 6.45) is 3.05. The van der Waals surface area contributed by atoms with Gasteiger partial charge in [0.2, 0.25) is 5.91 Å². The van der Waals surface area contributed by atoms with Crippen LogP contribution >= 0.6 is 0 Å². The first-order chi connectivity index (χ1) is 8.20. The van der Waals surface area contributed by atoms with E-state index in [1.807, 2.05) is 0 Å². The number of hydrogen-bond donors (Lipinski definition) is 3. The van der Waals surface area contributed by atoms with E-state index in [4.69, 9.17) is 10.8 Å². The second-order valence-electron chi connectivity index (χ2n) is 4.57. The summed E-state index contributed by atoms with van der Waals surface area (Å²) in [7, 11) is 0. The largest absolute Gasteiger partial charge is 0.508 e. The molecule has 0 aliphatic heterocycles. The average Bonchev–Trinajstić information content (AvgIpc) is 2.80. The fourth-order valence-electron chi connectivity index (χ4n) is 2.44. The maximum absolute atomic E-state index is 12.0. The highest BCUT2D eigenvalue weighted by Crippen LogP contribution is 2.31. The van der Waals surface area contributed by atoms with E-state index in [-0.39, 0.29) is 17.6 Å². The van der Waals surface area contributed by atoms with Gasteiger partial charge in [0.05, 0.1) is 0 Å². The monoisotopic (exact) mass is 234 g/mol. The molecule has 0 heterocycles. The van der Waals surface area contributed by atoms with Crippen molar-refractivity contribution in [1.29, 1.82) is 0 Å². The molecular weight excluding hydrogens is 216 g/mol. The van der Waals surface area contributed by atoms with Crippen LogP contribution in [0.25, 0.3) is 0 Å². The van der Waals surface area contributed by atoms with E-state index < -0.39 is 0 Å². The van der Waals surface area contributed by atoms with Crippen molar-refractivity contribution >= 4 is 11.6 Å². The van der Waals surface area contributed by atoms with Crippen molar-refractivity contribution in [3.8, 4) is 5.75 Å². The number of carbonyl (C=O) groups excluding carboxylic acids is 1. The van der Waals surface area contributed by atoms with Gasteiger partial charge in [0.15, 0.2) is 0 Å². The van der Waals surface area contributed by atoms with Gasteiger partial charge in [-0.3, -0.25) is 4.79 Å². The van der Waals surface area contributed by atoms with Gasteiger partial charge in [-0.2, -0.15) is 0 Å². The Balaban J connectivity index is 1.99. The van der Waals surface area contributed by atoms with Gasteiger partial charge in [-0.05, 0) is 49.6 Å². The van der Waals surface area contributed by atoms with Gasteiger partial charge in [-0.25, -0.2) is 0 Å². The first-order valence-corrected chi connectivity index (χ1v) is 6.00. The Labute approximate surface area is 101 Å². The quantitative estimate of drug-likeness (QED) is 0.697. The van der Waals surface area contributed by atoms with Gasteiger partial charge in [-0.1, -0.05) is 6.42 Å². The second-order valence-corrected chi connectivity index (χ2v) is 4.57. The molecule has 1 fully saturated rings. The summed E-state index contributed by atoms with van der Waals surface area (Å²) in [5, 5.41) is 12.0. The molecule has 2 atom stereocenters. The van der Waals surface area contributed by atoms with Gasteiger partial charge >= 0.3 is 0 Å². The van der Waals surface area contributed by atoms with Crippen molar-refractivity contribution in [2.24, 2.45) is 17.6 Å². The standard InChI is InChI=1S/C13H18N2O2/c14-8-9-2-1-3-12(9)13(17)15-10-4-6-11(16)7-5-10/h4-7,9,12,16H,1-3,8,14H2,(H,15,17). The molecule has 2 unspecified atom stereocenters. The van der Waals surface area contributed by atoms with Crippen molar-refractivity contribution in [1.82, 2.24) is 0 Å². The van der Waals surface area contributed by atoms with Gasteiger partial charge in [0, 0.05) is 11.6 Å². The fraction of sp³-hybridized carbons (Fsp3) is 0.462. The van der Waals surface area contributed by atoms with Crippen LogP contribution in [0.4, 0.5) is 5.69 Å². The Morgan fingerprint density at radius 1 is 1.35 bits per heavy atom. The maximum atomic E-state index is 12.0. The van der Waals surface area contributed by atoms with Gasteiger partial charge in [0.1, 0.15) is 5.75 Å². The van der Waals surface area contributed by atoms with Crippen LogP contribution < -0.4 is 11.1 Å². The number of nitrogens with one attached hydrogen (secondary N) is 1. The summed E-state index contributed by atoms with van der Waals surface area (Å²) in [4.78, 5) is 12.0. The number of benzene rings is 1. The number of carbonyl (C=O) groups is 1. The van der Waals surface area contributed by atoms with Gasteiger partial charge in [-0.15, -0.1) is 0 Å². The number of hydrogen-bond acceptors (Lipinski definition) is 3. The van der Waals surface area contributed by atoms with Crippen LogP contribution in [0.3, 0.4) is 0 Å². The number of nitrogens with two attached hydrogens (primary N) is 1. The van der Waals surface area contributed by atoms with E-state index >= 15 is 0 Å². The number of anilines is 1. The number of amides is 1. The molecule has 4 heteroatoms. The zero-order valence-corrected chi connectivity index (χ0v) is 9.73. The van der Waals surface area contributed by atoms with E-state index in [2.05, 4.69) is 5.32 Å². The zero-order valence-electron chi connectivity index (χ0n) is 9.73. The first kappa shape index (κ1) is 11.9. The molecule has 1 aromatic rings. The number of phenols is 1. The smallest absolute Gasteiger partial charge is 0.227 e. The summed E-state index contributed by atoms with van der Waals surface area (Å²) in [5.41, 5.74) is 6.38. The van der Waals surface area contributed by atoms with E-state index in [1.165, 1.54) is 0 Å². The highest BCUT2D eigenvalue weighted by molar-refractivity contribution is 5.92. The molecule has 92 valence electrons. The molecular formula is C13H18N2O2. The first-order valence-electron chi connectivity index (χ1n) is 6.00. The lowest BCUT2D eigenvalue weighted by atomic mass is 9.95. The minimum Gasteiger partial charge on any atom is -0.508 e. The average molecular weight is 234 g/mol. The molecule has 1 aromatic carbocycles. The minimum absolute atomic E-state index is 0.0359. The van der Waals surface area contributed by atoms with Crippen LogP contribution in [-0.4, -0.2) is 17.6 Å². The van der Waals surface area contributed by atoms with E-state index in [9.17, 15) is 4.79 Å². The van der Waals surface area contributed by atoms with E-state index in [1.54, 1.807) is 24.3 Å². The highest BCUT2D eigenvalue weighted by atomic mass is 16.3. The van der Waals surface area contributed by atoms with Gasteiger partial charge < -0.3 is 16.2 Å². The summed E-state index contributed by atoms with van der Waals surface area (Å²) in [6, 6.07) is 6.51. The lowest BCUT2D eigenvalue weighted by molar-refractivity contribution is -0.120. The predicted octanol–water partition coefficient (Wildman–Crippen LogP) is 1.71. The molecule has 1 saturated carbocycles. The molecule has 0 radical (unpaired) electrons. The molecule has 0 saturated heterocycles. The lowest BCUT2D eigenvalue weighted by Gasteiger charge is -2.17. The van der Waals surface area contributed by atoms with Crippen LogP contribution in [-0.2, 0) is 4.79 Å². The molecule has 2 rings (SSSR count). The van der Waals surface area contributed by atoms with Crippen molar-refractivity contribution < 1.29 is 9.90 Å². The predicted molar refractivity (Wildman–Crippen MR) is 66.6 cm³/mol. The van der Waals surface area contributed by atoms with Crippen molar-refractivity contribution in [3.63, 3.8) is 0 Å². The highest BCUT2D eigenvalue weighted by Gasteiger charge is 2.31. The molecule has 1 aliphatic rings. The van der Waals surface area contributed by atoms with Gasteiger partial charge in [0.25, 0.3) is 0 Å². The minimum atomic E-state index is 0.0359. The number of rotatable bonds is 3. The normalized spacial score (nSPS) is 23.6. The SMILES string of the molecule is NCC1CCCC1C(=O)Nc1ccc(O)cc1. The van der Waals surface area contributed by atoms with Crippen molar-refractivity contribution in [3.05, 3.63) is 24.3 Å². The third-order valence-electron chi connectivity index (χ3n) is 3.43. The molecule has 1 amide bonds. The molecule has 4 nitrogen and oxygen atoms in total. The Morgan fingerprint density at radius 3 is 2.71 bits per heavy atom. The third kappa shape index (κ3) is 2.77. The Morgan fingerprint density at radius 2 is 2.06 bits per heavy atom. The summed E-state index contributed by atoms with van der Waals surface area (Å²) < 4.78 is 0. The molecule has 0 spiro atoms. The molecule has 1 aliphatic carbocycles. The Hall–Kier alpha value is -1.55. The zero-order chi connectivity index (χ0) is 12.3. The van der Waals surface area contributed by atoms with Crippen LogP contribution in [0.2, 0.25) is 0 Å². The van der Waals surface area contributed by atoms with Crippen LogP contribution in [0.15, 0.2) is 24.3 Å². The topological polar surface area (TPSA) is 75.4 Å². The Kier molecular flexibility index (Phi) is 3.64. The third-order valence-corrected chi connectivity index (χ3v) is 3.43. The maximum Gasteiger partial charge on any atom is 0.227 e. The number of phenolic OH excluding ortho intramolecular Hbond substituents is 1. The second kappa shape index (κ2) is 5.19. The molecule has 0 aromatic heterocycles. The molecule has 17 heavy (non-hydrogen) atoms. The van der Waals surface area contributed by atoms with Crippen molar-refractivity contribution in [2.75, 3.05) is 11.9 Å². The molecule has 0 bridgehead atoms. The number of aromatic hydroxyl groups is 1. The van der Waals surface area contributed by atoms with Crippen LogP contribution in [0.5, 0.6) is 5.75 Å².